The van der Waals surface area contributed by atoms with Crippen molar-refractivity contribution in [1.29, 1.82) is 0 Å². The molecular weight excluding hydrogens is 450 g/mol. The van der Waals surface area contributed by atoms with Crippen LogP contribution in [-0.4, -0.2) is 52.7 Å². The Morgan fingerprint density at radius 1 is 1.18 bits per heavy atom. The lowest BCUT2D eigenvalue weighted by Crippen LogP contribution is -2.36. The highest BCUT2D eigenvalue weighted by molar-refractivity contribution is 9.10. The Balaban J connectivity index is 2.02. The van der Waals surface area contributed by atoms with Gasteiger partial charge in [0, 0.05) is 17.1 Å². The maximum absolute atomic E-state index is 12.5. The number of nitrogens with one attached hydrogen (secondary N) is 1. The van der Waals surface area contributed by atoms with Gasteiger partial charge in [-0.15, -0.1) is 0 Å². The van der Waals surface area contributed by atoms with Crippen molar-refractivity contribution >= 4 is 38.1 Å². The van der Waals surface area contributed by atoms with Crippen molar-refractivity contribution in [2.45, 2.75) is 4.90 Å². The molecule has 0 unspecified atom stereocenters. The van der Waals surface area contributed by atoms with E-state index in [9.17, 15) is 13.2 Å². The number of halogens is 1. The van der Waals surface area contributed by atoms with Gasteiger partial charge in [-0.05, 0) is 42.5 Å². The summed E-state index contributed by atoms with van der Waals surface area (Å²) in [5.41, 5.74) is 2.90. The zero-order valence-electron chi connectivity index (χ0n) is 15.5. The molecule has 2 aromatic carbocycles. The molecule has 10 heteroatoms. The Hall–Kier alpha value is -2.43. The van der Waals surface area contributed by atoms with Crippen LogP contribution in [0.15, 0.2) is 56.9 Å². The summed E-state index contributed by atoms with van der Waals surface area (Å²) in [7, 11) is 0.588. The summed E-state index contributed by atoms with van der Waals surface area (Å²) in [6.45, 7) is -0.384. The van der Waals surface area contributed by atoms with Crippen molar-refractivity contribution in [3.05, 3.63) is 52.5 Å². The molecule has 2 rings (SSSR count). The first-order valence-corrected chi connectivity index (χ1v) is 10.3. The van der Waals surface area contributed by atoms with E-state index in [-0.39, 0.29) is 11.4 Å². The molecule has 0 saturated heterocycles. The molecule has 0 radical (unpaired) electrons. The third-order valence-corrected chi connectivity index (χ3v) is 6.06. The van der Waals surface area contributed by atoms with Crippen LogP contribution in [0.1, 0.15) is 5.56 Å². The van der Waals surface area contributed by atoms with Crippen LogP contribution in [0.4, 0.5) is 0 Å². The van der Waals surface area contributed by atoms with E-state index in [4.69, 9.17) is 9.47 Å². The number of ether oxygens (including phenoxy) is 2. The highest BCUT2D eigenvalue weighted by Gasteiger charge is 2.22. The van der Waals surface area contributed by atoms with E-state index < -0.39 is 15.9 Å². The number of hydrogen-bond acceptors (Lipinski definition) is 6. The van der Waals surface area contributed by atoms with Gasteiger partial charge in [-0.2, -0.15) is 9.41 Å². The second kappa shape index (κ2) is 9.67. The zero-order chi connectivity index (χ0) is 20.7. The van der Waals surface area contributed by atoms with Crippen molar-refractivity contribution in [3.8, 4) is 11.5 Å². The first-order chi connectivity index (χ1) is 13.3. The lowest BCUT2D eigenvalue weighted by molar-refractivity contribution is -0.121. The van der Waals surface area contributed by atoms with Gasteiger partial charge in [-0.25, -0.2) is 13.8 Å². The molecule has 0 aromatic heterocycles. The van der Waals surface area contributed by atoms with E-state index in [0.29, 0.717) is 17.1 Å². The number of sulfonamides is 1. The number of nitrogens with zero attached hydrogens (tertiary/aromatic N) is 2. The number of carbonyl (C=O) groups is 1. The highest BCUT2D eigenvalue weighted by atomic mass is 79.9. The van der Waals surface area contributed by atoms with Crippen LogP contribution in [0.5, 0.6) is 11.5 Å². The van der Waals surface area contributed by atoms with Crippen LogP contribution in [-0.2, 0) is 14.8 Å². The minimum Gasteiger partial charge on any atom is -0.497 e. The Bertz CT molecular complexity index is 962. The fourth-order valence-corrected chi connectivity index (χ4v) is 3.61. The lowest BCUT2D eigenvalue weighted by atomic mass is 10.2. The molecule has 1 N–H and O–H groups in total. The molecule has 8 nitrogen and oxygen atoms in total. The summed E-state index contributed by atoms with van der Waals surface area (Å²) in [5.74, 6) is 0.573. The Labute approximate surface area is 172 Å². The summed E-state index contributed by atoms with van der Waals surface area (Å²) >= 11 is 3.25. The smallest absolute Gasteiger partial charge is 0.255 e. The van der Waals surface area contributed by atoms with E-state index in [2.05, 4.69) is 26.5 Å². The standard InChI is InChI=1S/C18H20BrN3O5S/c1-22(28(24,25)16-7-4-14(19)5-8-16)12-18(23)21-20-11-13-10-15(26-2)6-9-17(13)27-3/h4-11H,12H2,1-3H3,(H,21,23)/b20-11-. The first-order valence-electron chi connectivity index (χ1n) is 8.03. The predicted molar refractivity (Wildman–Crippen MR) is 109 cm³/mol. The molecule has 0 bridgehead atoms. The van der Waals surface area contributed by atoms with Gasteiger partial charge in [0.25, 0.3) is 5.91 Å². The average Bonchev–Trinajstić information content (AvgIpc) is 2.68. The van der Waals surface area contributed by atoms with Crippen molar-refractivity contribution in [1.82, 2.24) is 9.73 Å². The van der Waals surface area contributed by atoms with E-state index in [1.54, 1.807) is 30.3 Å². The summed E-state index contributed by atoms with van der Waals surface area (Å²) < 4.78 is 37.0. The number of hydrazone groups is 1. The summed E-state index contributed by atoms with van der Waals surface area (Å²) in [5, 5.41) is 3.86. The number of benzene rings is 2. The van der Waals surface area contributed by atoms with Crippen LogP contribution < -0.4 is 14.9 Å². The summed E-state index contributed by atoms with van der Waals surface area (Å²) in [4.78, 5) is 12.2. The number of hydrogen-bond donors (Lipinski definition) is 1. The fourth-order valence-electron chi connectivity index (χ4n) is 2.22. The molecule has 0 spiro atoms. The van der Waals surface area contributed by atoms with E-state index in [1.807, 2.05) is 0 Å². The van der Waals surface area contributed by atoms with E-state index in [0.717, 1.165) is 8.78 Å². The third-order valence-electron chi connectivity index (χ3n) is 3.72. The third kappa shape index (κ3) is 5.54. The minimum atomic E-state index is -3.78. The molecule has 0 heterocycles. The number of carbonyl (C=O) groups excluding carboxylic acids is 1. The molecule has 0 aliphatic carbocycles. The summed E-state index contributed by atoms with van der Waals surface area (Å²) in [6, 6.07) is 11.3. The van der Waals surface area contributed by atoms with Crippen LogP contribution in [0.25, 0.3) is 0 Å². The minimum absolute atomic E-state index is 0.0932. The molecule has 28 heavy (non-hydrogen) atoms. The van der Waals surface area contributed by atoms with Gasteiger partial charge < -0.3 is 9.47 Å². The molecule has 0 atom stereocenters. The van der Waals surface area contributed by atoms with Crippen molar-refractivity contribution in [3.63, 3.8) is 0 Å². The Morgan fingerprint density at radius 3 is 2.46 bits per heavy atom. The largest absolute Gasteiger partial charge is 0.497 e. The van der Waals surface area contributed by atoms with Gasteiger partial charge >= 0.3 is 0 Å². The topological polar surface area (TPSA) is 97.3 Å². The van der Waals surface area contributed by atoms with Crippen molar-refractivity contribution in [2.24, 2.45) is 5.10 Å². The zero-order valence-corrected chi connectivity index (χ0v) is 18.0. The summed E-state index contributed by atoms with van der Waals surface area (Å²) in [6.07, 6.45) is 1.39. The quantitative estimate of drug-likeness (QED) is 0.472. The molecule has 0 aliphatic rings. The van der Waals surface area contributed by atoms with Crippen LogP contribution in [0.2, 0.25) is 0 Å². The van der Waals surface area contributed by atoms with Gasteiger partial charge in [0.2, 0.25) is 10.0 Å². The van der Waals surface area contributed by atoms with Crippen LogP contribution >= 0.6 is 15.9 Å². The van der Waals surface area contributed by atoms with Crippen LogP contribution in [0.3, 0.4) is 0 Å². The second-order valence-corrected chi connectivity index (χ2v) is 8.58. The molecule has 0 aliphatic heterocycles. The van der Waals surface area contributed by atoms with Gasteiger partial charge in [0.1, 0.15) is 11.5 Å². The number of rotatable bonds is 8. The average molecular weight is 470 g/mol. The second-order valence-electron chi connectivity index (χ2n) is 5.62. The Kier molecular flexibility index (Phi) is 7.55. The number of amides is 1. The highest BCUT2D eigenvalue weighted by Crippen LogP contribution is 2.22. The maximum Gasteiger partial charge on any atom is 0.255 e. The van der Waals surface area contributed by atoms with E-state index >= 15 is 0 Å². The lowest BCUT2D eigenvalue weighted by Gasteiger charge is -2.16. The van der Waals surface area contributed by atoms with Gasteiger partial charge in [0.05, 0.1) is 31.9 Å². The fraction of sp³-hybridized carbons (Fsp3) is 0.222. The number of methoxy groups -OCH3 is 2. The first kappa shape index (κ1) is 21.9. The molecule has 2 aromatic rings. The maximum atomic E-state index is 12.5. The SMILES string of the molecule is COc1ccc(OC)c(/C=N\NC(=O)CN(C)S(=O)(=O)c2ccc(Br)cc2)c1. The van der Waals surface area contributed by atoms with Gasteiger partial charge in [0.15, 0.2) is 0 Å². The van der Waals surface area contributed by atoms with E-state index in [1.165, 1.54) is 39.6 Å². The molecule has 0 saturated carbocycles. The molecule has 0 fully saturated rings. The monoisotopic (exact) mass is 469 g/mol. The molecule has 150 valence electrons. The normalized spacial score (nSPS) is 11.6. The predicted octanol–water partition coefficient (Wildman–Crippen LogP) is 2.24. The van der Waals surface area contributed by atoms with Gasteiger partial charge in [-0.1, -0.05) is 15.9 Å². The Morgan fingerprint density at radius 2 is 1.86 bits per heavy atom. The van der Waals surface area contributed by atoms with Crippen molar-refractivity contribution in [2.75, 3.05) is 27.8 Å². The van der Waals surface area contributed by atoms with Gasteiger partial charge in [-0.3, -0.25) is 4.79 Å². The van der Waals surface area contributed by atoms with Crippen molar-refractivity contribution < 1.29 is 22.7 Å². The molecule has 1 amide bonds. The number of likely N-dealkylation sites (N-methyl/N-ethyl adjacent to an activating group) is 1. The van der Waals surface area contributed by atoms with Crippen LogP contribution in [0, 0.1) is 0 Å². The molecular formula is C18H20BrN3O5S.